The Labute approximate surface area is 137 Å². The van der Waals surface area contributed by atoms with Gasteiger partial charge in [0, 0.05) is 11.2 Å². The van der Waals surface area contributed by atoms with Crippen LogP contribution in [0.2, 0.25) is 5.02 Å². The van der Waals surface area contributed by atoms with Crippen molar-refractivity contribution in [3.05, 3.63) is 58.4 Å². The SMILES string of the molecule is Cc1nc2cc(C(=O)O)ccn2c1N=Nc1cccc(Cl)c1C. The van der Waals surface area contributed by atoms with Crippen LogP contribution in [-0.2, 0) is 0 Å². The second kappa shape index (κ2) is 5.81. The molecule has 1 aromatic carbocycles. The summed E-state index contributed by atoms with van der Waals surface area (Å²) in [6, 6.07) is 8.43. The van der Waals surface area contributed by atoms with Gasteiger partial charge < -0.3 is 5.11 Å². The third-order valence-corrected chi connectivity index (χ3v) is 3.92. The predicted molar refractivity (Wildman–Crippen MR) is 87.3 cm³/mol. The topological polar surface area (TPSA) is 79.3 Å². The second-order valence-electron chi connectivity index (χ2n) is 5.05. The molecule has 0 atom stereocenters. The number of azo groups is 1. The number of carboxylic acids is 1. The average Bonchev–Trinajstić information content (AvgIpc) is 2.83. The molecule has 0 saturated carbocycles. The molecular formula is C16H13ClN4O2. The van der Waals surface area contributed by atoms with E-state index in [9.17, 15) is 4.79 Å². The molecule has 0 aliphatic rings. The average molecular weight is 329 g/mol. The molecule has 0 saturated heterocycles. The lowest BCUT2D eigenvalue weighted by Gasteiger charge is -2.01. The number of hydrogen-bond acceptors (Lipinski definition) is 4. The minimum absolute atomic E-state index is 0.177. The van der Waals surface area contributed by atoms with Gasteiger partial charge in [-0.05, 0) is 43.7 Å². The number of halogens is 1. The lowest BCUT2D eigenvalue weighted by Crippen LogP contribution is -1.97. The summed E-state index contributed by atoms with van der Waals surface area (Å²) in [4.78, 5) is 15.4. The molecule has 3 rings (SSSR count). The van der Waals surface area contributed by atoms with Crippen molar-refractivity contribution < 1.29 is 9.90 Å². The molecule has 1 N–H and O–H groups in total. The van der Waals surface area contributed by atoms with Gasteiger partial charge in [0.25, 0.3) is 0 Å². The maximum absolute atomic E-state index is 11.0. The van der Waals surface area contributed by atoms with Gasteiger partial charge in [-0.25, -0.2) is 9.78 Å². The Morgan fingerprint density at radius 1 is 1.26 bits per heavy atom. The van der Waals surface area contributed by atoms with Gasteiger partial charge in [0.1, 0.15) is 5.65 Å². The zero-order valence-corrected chi connectivity index (χ0v) is 13.2. The van der Waals surface area contributed by atoms with Crippen LogP contribution < -0.4 is 0 Å². The maximum Gasteiger partial charge on any atom is 0.335 e. The first-order valence-corrected chi connectivity index (χ1v) is 7.24. The van der Waals surface area contributed by atoms with Crippen molar-refractivity contribution in [1.29, 1.82) is 0 Å². The number of aromatic carboxylic acids is 1. The third-order valence-electron chi connectivity index (χ3n) is 3.51. The number of nitrogens with zero attached hydrogens (tertiary/aromatic N) is 4. The number of pyridine rings is 1. The van der Waals surface area contributed by atoms with Gasteiger partial charge in [-0.2, -0.15) is 0 Å². The molecule has 0 aliphatic carbocycles. The van der Waals surface area contributed by atoms with Gasteiger partial charge in [-0.3, -0.25) is 4.40 Å². The van der Waals surface area contributed by atoms with Crippen LogP contribution in [0.25, 0.3) is 5.65 Å². The summed E-state index contributed by atoms with van der Waals surface area (Å²) in [5.74, 6) is -0.442. The van der Waals surface area contributed by atoms with Crippen molar-refractivity contribution >= 4 is 34.7 Å². The molecule has 0 amide bonds. The van der Waals surface area contributed by atoms with E-state index >= 15 is 0 Å². The molecule has 0 bridgehead atoms. The summed E-state index contributed by atoms with van der Waals surface area (Å²) >= 11 is 6.07. The van der Waals surface area contributed by atoms with Crippen LogP contribution in [-0.4, -0.2) is 20.5 Å². The van der Waals surface area contributed by atoms with Crippen molar-refractivity contribution in [2.24, 2.45) is 10.2 Å². The molecule has 116 valence electrons. The minimum atomic E-state index is -0.995. The number of rotatable bonds is 3. The van der Waals surface area contributed by atoms with Crippen LogP contribution in [0.4, 0.5) is 11.5 Å². The van der Waals surface area contributed by atoms with Crippen molar-refractivity contribution in [3.8, 4) is 0 Å². The smallest absolute Gasteiger partial charge is 0.335 e. The van der Waals surface area contributed by atoms with E-state index in [2.05, 4.69) is 15.2 Å². The summed E-state index contributed by atoms with van der Waals surface area (Å²) in [7, 11) is 0. The van der Waals surface area contributed by atoms with Gasteiger partial charge in [-0.15, -0.1) is 10.2 Å². The van der Waals surface area contributed by atoms with Crippen molar-refractivity contribution in [1.82, 2.24) is 9.38 Å². The number of fused-ring (bicyclic) bond motifs is 1. The van der Waals surface area contributed by atoms with Crippen LogP contribution in [0, 0.1) is 13.8 Å². The van der Waals surface area contributed by atoms with E-state index in [0.29, 0.717) is 27.9 Å². The normalized spacial score (nSPS) is 11.4. The van der Waals surface area contributed by atoms with Crippen LogP contribution in [0.3, 0.4) is 0 Å². The van der Waals surface area contributed by atoms with Gasteiger partial charge in [0.05, 0.1) is 16.9 Å². The highest BCUT2D eigenvalue weighted by atomic mass is 35.5. The summed E-state index contributed by atoms with van der Waals surface area (Å²) in [5, 5.41) is 18.2. The Balaban J connectivity index is 2.06. The van der Waals surface area contributed by atoms with Gasteiger partial charge in [-0.1, -0.05) is 17.7 Å². The van der Waals surface area contributed by atoms with E-state index in [1.165, 1.54) is 12.1 Å². The largest absolute Gasteiger partial charge is 0.478 e. The zero-order valence-electron chi connectivity index (χ0n) is 12.5. The van der Waals surface area contributed by atoms with Crippen LogP contribution in [0.1, 0.15) is 21.6 Å². The predicted octanol–water partition coefficient (Wildman–Crippen LogP) is 4.72. The van der Waals surface area contributed by atoms with Crippen LogP contribution in [0.5, 0.6) is 0 Å². The Bertz CT molecular complexity index is 947. The Morgan fingerprint density at radius 2 is 2.04 bits per heavy atom. The van der Waals surface area contributed by atoms with Gasteiger partial charge in [0.2, 0.25) is 0 Å². The molecule has 7 heteroatoms. The highest BCUT2D eigenvalue weighted by Crippen LogP contribution is 2.28. The molecule has 2 heterocycles. The highest BCUT2D eigenvalue weighted by Gasteiger charge is 2.11. The van der Waals surface area contributed by atoms with Crippen LogP contribution in [0.15, 0.2) is 46.8 Å². The number of aryl methyl sites for hydroxylation is 1. The lowest BCUT2D eigenvalue weighted by molar-refractivity contribution is 0.0697. The van der Waals surface area contributed by atoms with E-state index in [1.54, 1.807) is 23.6 Å². The number of carbonyl (C=O) groups is 1. The summed E-state index contributed by atoms with van der Waals surface area (Å²) < 4.78 is 1.70. The number of aromatic nitrogens is 2. The number of imidazole rings is 1. The van der Waals surface area contributed by atoms with Crippen LogP contribution >= 0.6 is 11.6 Å². The van der Waals surface area contributed by atoms with Gasteiger partial charge in [0.15, 0.2) is 5.82 Å². The van der Waals surface area contributed by atoms with E-state index in [1.807, 2.05) is 19.1 Å². The molecule has 0 aliphatic heterocycles. The molecule has 2 aromatic heterocycles. The number of carboxylic acid groups (broad SMARTS) is 1. The Kier molecular flexibility index (Phi) is 3.83. The quantitative estimate of drug-likeness (QED) is 0.706. The number of benzene rings is 1. The van der Waals surface area contributed by atoms with Gasteiger partial charge >= 0.3 is 5.97 Å². The Morgan fingerprint density at radius 3 is 2.78 bits per heavy atom. The molecule has 0 unspecified atom stereocenters. The summed E-state index contributed by atoms with van der Waals surface area (Å²) in [5.41, 5.74) is 2.87. The van der Waals surface area contributed by atoms with Crippen molar-refractivity contribution in [2.75, 3.05) is 0 Å². The lowest BCUT2D eigenvalue weighted by atomic mass is 10.2. The zero-order chi connectivity index (χ0) is 16.6. The third kappa shape index (κ3) is 2.80. The van der Waals surface area contributed by atoms with E-state index in [4.69, 9.17) is 16.7 Å². The maximum atomic E-state index is 11.0. The Hall–Kier alpha value is -2.73. The fourth-order valence-electron chi connectivity index (χ4n) is 2.21. The molecule has 0 radical (unpaired) electrons. The standard InChI is InChI=1S/C16H13ClN4O2/c1-9-12(17)4-3-5-13(9)19-20-15-10(2)18-14-8-11(16(22)23)6-7-21(14)15/h3-8H,1-2H3,(H,22,23). The minimum Gasteiger partial charge on any atom is -0.478 e. The molecule has 23 heavy (non-hydrogen) atoms. The van der Waals surface area contributed by atoms with E-state index in [0.717, 1.165) is 5.56 Å². The highest BCUT2D eigenvalue weighted by molar-refractivity contribution is 6.31. The molecule has 0 fully saturated rings. The molecule has 0 spiro atoms. The number of hydrogen-bond donors (Lipinski definition) is 1. The first-order valence-electron chi connectivity index (χ1n) is 6.86. The summed E-state index contributed by atoms with van der Waals surface area (Å²) in [6.07, 6.45) is 1.62. The van der Waals surface area contributed by atoms with Crippen molar-refractivity contribution in [2.45, 2.75) is 13.8 Å². The van der Waals surface area contributed by atoms with Crippen molar-refractivity contribution in [3.63, 3.8) is 0 Å². The first kappa shape index (κ1) is 15.2. The fourth-order valence-corrected chi connectivity index (χ4v) is 2.38. The monoisotopic (exact) mass is 328 g/mol. The molecular weight excluding hydrogens is 316 g/mol. The first-order chi connectivity index (χ1) is 11.0. The molecule has 3 aromatic rings. The second-order valence-corrected chi connectivity index (χ2v) is 5.46. The summed E-state index contributed by atoms with van der Waals surface area (Å²) in [6.45, 7) is 3.67. The fraction of sp³-hybridized carbons (Fsp3) is 0.125. The molecule has 6 nitrogen and oxygen atoms in total. The van der Waals surface area contributed by atoms with E-state index < -0.39 is 5.97 Å². The van der Waals surface area contributed by atoms with E-state index in [-0.39, 0.29) is 5.56 Å².